The number of benzene rings is 1. The van der Waals surface area contributed by atoms with Crippen LogP contribution in [0.1, 0.15) is 96.5 Å². The second kappa shape index (κ2) is 15.8. The molecule has 1 aromatic heterocycles. The predicted molar refractivity (Wildman–Crippen MR) is 129 cm³/mol. The molecular formula is C27H42N2O2. The first-order chi connectivity index (χ1) is 15.2. The average Bonchev–Trinajstić information content (AvgIpc) is 2.79. The number of aryl methyl sites for hydroxylation is 1. The lowest BCUT2D eigenvalue weighted by Crippen LogP contribution is -2.08. The summed E-state index contributed by atoms with van der Waals surface area (Å²) in [6.07, 6.45) is 19.1. The molecule has 0 saturated carbocycles. The summed E-state index contributed by atoms with van der Waals surface area (Å²) in [7, 11) is 0. The van der Waals surface area contributed by atoms with Gasteiger partial charge in [0.1, 0.15) is 5.75 Å². The van der Waals surface area contributed by atoms with Gasteiger partial charge in [-0.2, -0.15) is 0 Å². The van der Waals surface area contributed by atoms with Gasteiger partial charge in [0.25, 0.3) is 0 Å². The van der Waals surface area contributed by atoms with Crippen LogP contribution in [-0.2, 0) is 6.42 Å². The van der Waals surface area contributed by atoms with Gasteiger partial charge in [0.2, 0.25) is 0 Å². The van der Waals surface area contributed by atoms with Crippen molar-refractivity contribution in [3.63, 3.8) is 0 Å². The summed E-state index contributed by atoms with van der Waals surface area (Å²) in [4.78, 5) is 9.12. The average molecular weight is 427 g/mol. The van der Waals surface area contributed by atoms with E-state index in [2.05, 4.69) is 23.8 Å². The Morgan fingerprint density at radius 2 is 1.42 bits per heavy atom. The number of hydrogen-bond donors (Lipinski definition) is 1. The Bertz CT molecular complexity index is 685. The maximum atomic E-state index is 9.77. The van der Waals surface area contributed by atoms with E-state index in [1.165, 1.54) is 56.9 Å². The van der Waals surface area contributed by atoms with Crippen LogP contribution in [0.25, 0.3) is 11.4 Å². The highest BCUT2D eigenvalue weighted by atomic mass is 16.5. The highest BCUT2D eigenvalue weighted by Gasteiger charge is 2.05. The van der Waals surface area contributed by atoms with Gasteiger partial charge in [-0.3, -0.25) is 0 Å². The minimum absolute atomic E-state index is 0.202. The predicted octanol–water partition coefficient (Wildman–Crippen LogP) is 7.15. The number of aliphatic hydroxyl groups excluding tert-OH is 1. The smallest absolute Gasteiger partial charge is 0.159 e. The van der Waals surface area contributed by atoms with Gasteiger partial charge in [0.05, 0.1) is 12.7 Å². The molecule has 31 heavy (non-hydrogen) atoms. The number of rotatable bonds is 17. The van der Waals surface area contributed by atoms with Crippen LogP contribution in [0.5, 0.6) is 5.75 Å². The van der Waals surface area contributed by atoms with Crippen molar-refractivity contribution in [2.45, 2.75) is 103 Å². The summed E-state index contributed by atoms with van der Waals surface area (Å²) in [5, 5.41) is 9.77. The molecule has 0 unspecified atom stereocenters. The summed E-state index contributed by atoms with van der Waals surface area (Å²) >= 11 is 0. The minimum atomic E-state index is -0.202. The summed E-state index contributed by atoms with van der Waals surface area (Å²) in [5.74, 6) is 1.61. The van der Waals surface area contributed by atoms with E-state index in [4.69, 9.17) is 4.74 Å². The zero-order chi connectivity index (χ0) is 22.2. The lowest BCUT2D eigenvalue weighted by atomic mass is 10.1. The fourth-order valence-electron chi connectivity index (χ4n) is 3.78. The monoisotopic (exact) mass is 426 g/mol. The minimum Gasteiger partial charge on any atom is -0.494 e. The standard InChI is InChI=1S/C27H42N2O2/c1-3-5-6-7-8-9-10-11-14-23-21-28-27(29-22-23)24-16-18-26(19-17-24)31-20-12-15-25(30)13-4-2/h16-19,21-22,25,30H,3-15,20H2,1-2H3/t25-/m0/s1. The summed E-state index contributed by atoms with van der Waals surface area (Å²) in [6.45, 7) is 4.99. The summed E-state index contributed by atoms with van der Waals surface area (Å²) in [6, 6.07) is 7.95. The quantitative estimate of drug-likeness (QED) is 0.273. The molecule has 0 saturated heterocycles. The Morgan fingerprint density at radius 3 is 2.06 bits per heavy atom. The SMILES string of the molecule is CCCCCCCCCCc1cnc(-c2ccc(OCCC[C@@H](O)CCC)cc2)nc1. The first-order valence-electron chi connectivity index (χ1n) is 12.4. The Kier molecular flexibility index (Phi) is 12.9. The van der Waals surface area contributed by atoms with E-state index in [-0.39, 0.29) is 6.10 Å². The van der Waals surface area contributed by atoms with Crippen LogP contribution in [0.2, 0.25) is 0 Å². The number of hydrogen-bond acceptors (Lipinski definition) is 4. The van der Waals surface area contributed by atoms with Crippen molar-refractivity contribution < 1.29 is 9.84 Å². The number of nitrogens with zero attached hydrogens (tertiary/aromatic N) is 2. The number of aliphatic hydroxyl groups is 1. The fraction of sp³-hybridized carbons (Fsp3) is 0.630. The van der Waals surface area contributed by atoms with Crippen molar-refractivity contribution >= 4 is 0 Å². The van der Waals surface area contributed by atoms with Crippen LogP contribution in [-0.4, -0.2) is 27.8 Å². The van der Waals surface area contributed by atoms with E-state index in [0.717, 1.165) is 49.2 Å². The molecule has 4 nitrogen and oxygen atoms in total. The van der Waals surface area contributed by atoms with E-state index in [1.807, 2.05) is 36.7 Å². The van der Waals surface area contributed by atoms with Crippen molar-refractivity contribution in [2.24, 2.45) is 0 Å². The van der Waals surface area contributed by atoms with E-state index < -0.39 is 0 Å². The Morgan fingerprint density at radius 1 is 0.774 bits per heavy atom. The lowest BCUT2D eigenvalue weighted by Gasteiger charge is -2.10. The van der Waals surface area contributed by atoms with Crippen LogP contribution in [0, 0.1) is 0 Å². The molecule has 0 fully saturated rings. The molecule has 0 bridgehead atoms. The highest BCUT2D eigenvalue weighted by molar-refractivity contribution is 5.55. The summed E-state index contributed by atoms with van der Waals surface area (Å²) in [5.41, 5.74) is 2.23. The normalized spacial score (nSPS) is 12.1. The molecule has 1 N–H and O–H groups in total. The van der Waals surface area contributed by atoms with Crippen molar-refractivity contribution in [1.82, 2.24) is 9.97 Å². The molecule has 0 radical (unpaired) electrons. The Balaban J connectivity index is 1.66. The maximum absolute atomic E-state index is 9.77. The van der Waals surface area contributed by atoms with Gasteiger partial charge in [-0.05, 0) is 61.9 Å². The molecule has 0 amide bonds. The van der Waals surface area contributed by atoms with Crippen LogP contribution in [0.15, 0.2) is 36.7 Å². The first kappa shape index (κ1) is 25.3. The highest BCUT2D eigenvalue weighted by Crippen LogP contribution is 2.20. The number of unbranched alkanes of at least 4 members (excludes halogenated alkanes) is 7. The zero-order valence-corrected chi connectivity index (χ0v) is 19.7. The molecule has 1 heterocycles. The molecule has 1 atom stereocenters. The van der Waals surface area contributed by atoms with Crippen molar-refractivity contribution in [3.8, 4) is 17.1 Å². The molecule has 1 aromatic carbocycles. The molecule has 0 aliphatic heterocycles. The first-order valence-corrected chi connectivity index (χ1v) is 12.4. The van der Waals surface area contributed by atoms with Crippen molar-refractivity contribution in [3.05, 3.63) is 42.2 Å². The van der Waals surface area contributed by atoms with Gasteiger partial charge in [-0.15, -0.1) is 0 Å². The van der Waals surface area contributed by atoms with Gasteiger partial charge >= 0.3 is 0 Å². The second-order valence-electron chi connectivity index (χ2n) is 8.60. The third kappa shape index (κ3) is 10.8. The third-order valence-corrected chi connectivity index (χ3v) is 5.71. The van der Waals surface area contributed by atoms with Gasteiger partial charge in [-0.25, -0.2) is 9.97 Å². The van der Waals surface area contributed by atoms with Crippen LogP contribution < -0.4 is 4.74 Å². The van der Waals surface area contributed by atoms with Crippen molar-refractivity contribution in [1.29, 1.82) is 0 Å². The van der Waals surface area contributed by atoms with Gasteiger partial charge < -0.3 is 9.84 Å². The number of aromatic nitrogens is 2. The fourth-order valence-corrected chi connectivity index (χ4v) is 3.78. The van der Waals surface area contributed by atoms with E-state index >= 15 is 0 Å². The van der Waals surface area contributed by atoms with E-state index in [1.54, 1.807) is 0 Å². The molecule has 4 heteroatoms. The number of ether oxygens (including phenoxy) is 1. The molecule has 0 spiro atoms. The third-order valence-electron chi connectivity index (χ3n) is 5.71. The Labute approximate surface area is 189 Å². The van der Waals surface area contributed by atoms with Crippen LogP contribution >= 0.6 is 0 Å². The van der Waals surface area contributed by atoms with Crippen LogP contribution in [0.3, 0.4) is 0 Å². The largest absolute Gasteiger partial charge is 0.494 e. The van der Waals surface area contributed by atoms with Gasteiger partial charge in [0.15, 0.2) is 5.82 Å². The molecule has 0 aliphatic rings. The summed E-state index contributed by atoms with van der Waals surface area (Å²) < 4.78 is 5.78. The van der Waals surface area contributed by atoms with Gasteiger partial charge in [0, 0.05) is 18.0 Å². The Hall–Kier alpha value is -1.94. The molecule has 172 valence electrons. The molecule has 0 aliphatic carbocycles. The second-order valence-corrected chi connectivity index (χ2v) is 8.60. The molecule has 2 rings (SSSR count). The van der Waals surface area contributed by atoms with E-state index in [9.17, 15) is 5.11 Å². The molecule has 2 aromatic rings. The van der Waals surface area contributed by atoms with E-state index in [0.29, 0.717) is 6.61 Å². The molecular weight excluding hydrogens is 384 g/mol. The lowest BCUT2D eigenvalue weighted by molar-refractivity contribution is 0.142. The van der Waals surface area contributed by atoms with Crippen LogP contribution in [0.4, 0.5) is 0 Å². The zero-order valence-electron chi connectivity index (χ0n) is 19.7. The maximum Gasteiger partial charge on any atom is 0.159 e. The van der Waals surface area contributed by atoms with Gasteiger partial charge in [-0.1, -0.05) is 65.2 Å². The van der Waals surface area contributed by atoms with Crippen molar-refractivity contribution in [2.75, 3.05) is 6.61 Å². The topological polar surface area (TPSA) is 55.2 Å².